The summed E-state index contributed by atoms with van der Waals surface area (Å²) in [6.45, 7) is 8.85. The first-order chi connectivity index (χ1) is 15.4. The van der Waals surface area contributed by atoms with E-state index in [1.54, 1.807) is 18.5 Å². The Hall–Kier alpha value is -3.13. The monoisotopic (exact) mass is 438 g/mol. The standard InChI is InChI=1S/C24H34N6O2/c1-5-30(20-9-12-29(16-20)23(31)7-6-10-26-17(2)3)21-13-19(15-28-24(21)32)18-8-11-27-22(14-18)25-4/h6-8,11,13-15,17,20,26H,5,9-10,12,16H2,1-4H3,(H,25,27)(H,28,32)/b7-6+/t20-/m0/s1. The van der Waals surface area contributed by atoms with Gasteiger partial charge in [-0.25, -0.2) is 4.98 Å². The molecular formula is C24H34N6O2. The molecule has 0 unspecified atom stereocenters. The van der Waals surface area contributed by atoms with Crippen molar-refractivity contribution in [1.82, 2.24) is 20.2 Å². The fraction of sp³-hybridized carbons (Fsp3) is 0.458. The van der Waals surface area contributed by atoms with Crippen molar-refractivity contribution in [3.63, 3.8) is 0 Å². The maximum atomic E-state index is 12.7. The summed E-state index contributed by atoms with van der Waals surface area (Å²) in [5.41, 5.74) is 2.40. The van der Waals surface area contributed by atoms with Gasteiger partial charge in [-0.05, 0) is 37.1 Å². The SMILES string of the molecule is CCN(c1cc(-c2ccnc(NC)c2)c[nH]c1=O)[C@H]1CCN(C(=O)/C=C/CNC(C)C)C1. The van der Waals surface area contributed by atoms with Crippen LogP contribution >= 0.6 is 0 Å². The maximum Gasteiger partial charge on any atom is 0.271 e. The van der Waals surface area contributed by atoms with Gasteiger partial charge in [-0.3, -0.25) is 9.59 Å². The van der Waals surface area contributed by atoms with Crippen LogP contribution in [-0.4, -0.2) is 66.1 Å². The highest BCUT2D eigenvalue weighted by Gasteiger charge is 2.30. The van der Waals surface area contributed by atoms with E-state index in [1.807, 2.05) is 43.1 Å². The molecule has 0 aliphatic carbocycles. The van der Waals surface area contributed by atoms with Gasteiger partial charge in [-0.2, -0.15) is 0 Å². The van der Waals surface area contributed by atoms with E-state index >= 15 is 0 Å². The van der Waals surface area contributed by atoms with Crippen molar-refractivity contribution in [2.24, 2.45) is 0 Å². The molecule has 0 radical (unpaired) electrons. The Balaban J connectivity index is 1.74. The molecular weight excluding hydrogens is 404 g/mol. The molecule has 0 aromatic carbocycles. The van der Waals surface area contributed by atoms with Gasteiger partial charge in [0.25, 0.3) is 5.56 Å². The van der Waals surface area contributed by atoms with Crippen LogP contribution in [0.4, 0.5) is 11.5 Å². The lowest BCUT2D eigenvalue weighted by Crippen LogP contribution is -2.41. The molecule has 2 aromatic rings. The molecule has 1 amide bonds. The lowest BCUT2D eigenvalue weighted by atomic mass is 10.1. The zero-order valence-corrected chi connectivity index (χ0v) is 19.4. The number of nitrogens with zero attached hydrogens (tertiary/aromatic N) is 3. The summed E-state index contributed by atoms with van der Waals surface area (Å²) in [5.74, 6) is 0.789. The molecule has 3 N–H and O–H groups in total. The summed E-state index contributed by atoms with van der Waals surface area (Å²) < 4.78 is 0. The smallest absolute Gasteiger partial charge is 0.271 e. The van der Waals surface area contributed by atoms with Gasteiger partial charge in [0.05, 0.1) is 0 Å². The Morgan fingerprint density at radius 3 is 2.91 bits per heavy atom. The Bertz CT molecular complexity index is 1000. The predicted molar refractivity (Wildman–Crippen MR) is 130 cm³/mol. The number of carbonyl (C=O) groups is 1. The number of nitrogens with one attached hydrogen (secondary N) is 3. The number of likely N-dealkylation sites (N-methyl/N-ethyl adjacent to an activating group) is 1. The summed E-state index contributed by atoms with van der Waals surface area (Å²) in [4.78, 5) is 36.4. The Morgan fingerprint density at radius 2 is 2.19 bits per heavy atom. The van der Waals surface area contributed by atoms with Gasteiger partial charge in [-0.1, -0.05) is 19.9 Å². The zero-order chi connectivity index (χ0) is 23.1. The molecule has 1 atom stereocenters. The van der Waals surface area contributed by atoms with Gasteiger partial charge in [0.1, 0.15) is 11.5 Å². The van der Waals surface area contributed by atoms with E-state index < -0.39 is 0 Å². The Morgan fingerprint density at radius 1 is 1.38 bits per heavy atom. The Labute approximate surface area is 189 Å². The summed E-state index contributed by atoms with van der Waals surface area (Å²) >= 11 is 0. The van der Waals surface area contributed by atoms with E-state index in [9.17, 15) is 9.59 Å². The molecule has 1 saturated heterocycles. The highest BCUT2D eigenvalue weighted by molar-refractivity contribution is 5.88. The topological polar surface area (TPSA) is 93.4 Å². The fourth-order valence-electron chi connectivity index (χ4n) is 3.99. The molecule has 1 aliphatic rings. The number of anilines is 2. The lowest BCUT2D eigenvalue weighted by Gasteiger charge is -2.29. The van der Waals surface area contributed by atoms with Crippen LogP contribution in [0.1, 0.15) is 27.2 Å². The van der Waals surface area contributed by atoms with Crippen LogP contribution in [-0.2, 0) is 4.79 Å². The normalized spacial score (nSPS) is 16.2. The van der Waals surface area contributed by atoms with Gasteiger partial charge in [0, 0.05) is 69.3 Å². The van der Waals surface area contributed by atoms with Crippen molar-refractivity contribution in [1.29, 1.82) is 0 Å². The average molecular weight is 439 g/mol. The summed E-state index contributed by atoms with van der Waals surface area (Å²) in [6.07, 6.45) is 7.82. The number of likely N-dealkylation sites (tertiary alicyclic amines) is 1. The molecule has 3 heterocycles. The third kappa shape index (κ3) is 5.76. The molecule has 0 saturated carbocycles. The van der Waals surface area contributed by atoms with Crippen LogP contribution < -0.4 is 21.1 Å². The van der Waals surface area contributed by atoms with Crippen molar-refractivity contribution in [2.75, 3.05) is 43.4 Å². The summed E-state index contributed by atoms with van der Waals surface area (Å²) in [7, 11) is 1.83. The predicted octanol–water partition coefficient (Wildman–Crippen LogP) is 2.46. The van der Waals surface area contributed by atoms with E-state index in [4.69, 9.17) is 0 Å². The minimum absolute atomic E-state index is 0.0214. The van der Waals surface area contributed by atoms with E-state index in [2.05, 4.69) is 39.3 Å². The molecule has 0 bridgehead atoms. The van der Waals surface area contributed by atoms with Crippen LogP contribution in [0, 0.1) is 0 Å². The summed E-state index contributed by atoms with van der Waals surface area (Å²) in [6, 6.07) is 6.29. The van der Waals surface area contributed by atoms with Gasteiger partial charge in [0.15, 0.2) is 0 Å². The van der Waals surface area contributed by atoms with Crippen molar-refractivity contribution < 1.29 is 4.79 Å². The first-order valence-electron chi connectivity index (χ1n) is 11.2. The molecule has 172 valence electrons. The molecule has 8 nitrogen and oxygen atoms in total. The third-order valence-corrected chi connectivity index (χ3v) is 5.70. The number of aromatic nitrogens is 2. The number of rotatable bonds is 9. The summed E-state index contributed by atoms with van der Waals surface area (Å²) in [5, 5.41) is 6.31. The highest BCUT2D eigenvalue weighted by Crippen LogP contribution is 2.26. The van der Waals surface area contributed by atoms with Gasteiger partial charge in [-0.15, -0.1) is 0 Å². The highest BCUT2D eigenvalue weighted by atomic mass is 16.2. The Kier molecular flexibility index (Phi) is 8.05. The molecule has 1 fully saturated rings. The number of aromatic amines is 1. The second-order valence-electron chi connectivity index (χ2n) is 8.26. The molecule has 1 aliphatic heterocycles. The fourth-order valence-corrected chi connectivity index (χ4v) is 3.99. The largest absolute Gasteiger partial charge is 0.373 e. The maximum absolute atomic E-state index is 12.7. The number of hydrogen-bond acceptors (Lipinski definition) is 6. The van der Waals surface area contributed by atoms with Gasteiger partial charge >= 0.3 is 0 Å². The molecule has 3 rings (SSSR count). The minimum atomic E-state index is -0.122. The average Bonchev–Trinajstić information content (AvgIpc) is 3.28. The van der Waals surface area contributed by atoms with Crippen LogP contribution in [0.15, 0.2) is 47.5 Å². The molecule has 2 aromatic heterocycles. The first-order valence-corrected chi connectivity index (χ1v) is 11.2. The van der Waals surface area contributed by atoms with Gasteiger partial charge < -0.3 is 25.4 Å². The van der Waals surface area contributed by atoms with Crippen LogP contribution in [0.2, 0.25) is 0 Å². The van der Waals surface area contributed by atoms with Crippen molar-refractivity contribution in [2.45, 2.75) is 39.3 Å². The number of pyridine rings is 2. The second-order valence-corrected chi connectivity index (χ2v) is 8.26. The third-order valence-electron chi connectivity index (χ3n) is 5.70. The van der Waals surface area contributed by atoms with E-state index in [0.717, 1.165) is 23.4 Å². The van der Waals surface area contributed by atoms with Crippen LogP contribution in [0.3, 0.4) is 0 Å². The number of amides is 1. The molecule has 32 heavy (non-hydrogen) atoms. The van der Waals surface area contributed by atoms with Crippen molar-refractivity contribution in [3.8, 4) is 11.1 Å². The number of carbonyl (C=O) groups excluding carboxylic acids is 1. The number of hydrogen-bond donors (Lipinski definition) is 3. The minimum Gasteiger partial charge on any atom is -0.373 e. The van der Waals surface area contributed by atoms with Crippen molar-refractivity contribution in [3.05, 3.63) is 53.1 Å². The lowest BCUT2D eigenvalue weighted by molar-refractivity contribution is -0.125. The second kappa shape index (κ2) is 10.9. The van der Waals surface area contributed by atoms with Crippen molar-refractivity contribution >= 4 is 17.4 Å². The van der Waals surface area contributed by atoms with Crippen LogP contribution in [0.25, 0.3) is 11.1 Å². The first kappa shape index (κ1) is 23.5. The quantitative estimate of drug-likeness (QED) is 0.521. The molecule has 0 spiro atoms. The van der Waals surface area contributed by atoms with Crippen LogP contribution in [0.5, 0.6) is 0 Å². The van der Waals surface area contributed by atoms with E-state index in [0.29, 0.717) is 37.9 Å². The number of H-pyrrole nitrogens is 1. The van der Waals surface area contributed by atoms with Gasteiger partial charge in [0.2, 0.25) is 5.91 Å². The van der Waals surface area contributed by atoms with E-state index in [-0.39, 0.29) is 17.5 Å². The van der Waals surface area contributed by atoms with E-state index in [1.165, 1.54) is 0 Å². The zero-order valence-electron chi connectivity index (χ0n) is 19.4. The molecule has 8 heteroatoms.